The van der Waals surface area contributed by atoms with E-state index in [9.17, 15) is 4.79 Å². The summed E-state index contributed by atoms with van der Waals surface area (Å²) in [7, 11) is 0. The summed E-state index contributed by atoms with van der Waals surface area (Å²) in [5.41, 5.74) is 2.17. The van der Waals surface area contributed by atoms with Crippen molar-refractivity contribution in [1.82, 2.24) is 5.06 Å². The van der Waals surface area contributed by atoms with Crippen LogP contribution in [0.1, 0.15) is 17.2 Å². The van der Waals surface area contributed by atoms with Crippen LogP contribution in [0, 0.1) is 5.92 Å². The summed E-state index contributed by atoms with van der Waals surface area (Å²) in [6.45, 7) is 0.397. The summed E-state index contributed by atoms with van der Waals surface area (Å²) in [6.07, 6.45) is 0. The molecule has 0 unspecified atom stereocenters. The molecule has 0 N–H and O–H groups in total. The lowest BCUT2D eigenvalue weighted by atomic mass is 9.86. The van der Waals surface area contributed by atoms with Crippen LogP contribution in [0.25, 0.3) is 0 Å². The van der Waals surface area contributed by atoms with Crippen molar-refractivity contribution in [2.24, 2.45) is 5.92 Å². The van der Waals surface area contributed by atoms with E-state index < -0.39 is 0 Å². The topological polar surface area (TPSA) is 29.5 Å². The van der Waals surface area contributed by atoms with E-state index in [0.29, 0.717) is 6.61 Å². The predicted molar refractivity (Wildman–Crippen MR) is 108 cm³/mol. The zero-order chi connectivity index (χ0) is 18.5. The van der Waals surface area contributed by atoms with E-state index >= 15 is 0 Å². The van der Waals surface area contributed by atoms with Gasteiger partial charge in [0.05, 0.1) is 12.0 Å². The van der Waals surface area contributed by atoms with Crippen LogP contribution in [0.3, 0.4) is 0 Å². The first-order valence-corrected chi connectivity index (χ1v) is 10.0. The van der Waals surface area contributed by atoms with Gasteiger partial charge in [0.15, 0.2) is 0 Å². The van der Waals surface area contributed by atoms with Gasteiger partial charge in [-0.2, -0.15) is 0 Å². The van der Waals surface area contributed by atoms with Gasteiger partial charge in [0, 0.05) is 10.6 Å². The number of hydrogen-bond donors (Lipinski definition) is 0. The molecule has 1 fully saturated rings. The normalized spacial score (nSPS) is 19.0. The lowest BCUT2D eigenvalue weighted by molar-refractivity contribution is -0.248. The number of hydroxylamine groups is 2. The maximum Gasteiger partial charge on any atom is 0.253 e. The molecular formula is C23H21NO2S. The second-order valence-corrected chi connectivity index (χ2v) is 7.60. The van der Waals surface area contributed by atoms with Crippen molar-refractivity contribution in [2.75, 3.05) is 5.75 Å². The highest BCUT2D eigenvalue weighted by Gasteiger charge is 2.49. The number of hydrogen-bond acceptors (Lipinski definition) is 3. The minimum atomic E-state index is -0.0756. The molecule has 27 heavy (non-hydrogen) atoms. The number of carbonyl (C=O) groups is 1. The lowest BCUT2D eigenvalue weighted by Gasteiger charge is -2.45. The summed E-state index contributed by atoms with van der Waals surface area (Å²) >= 11 is 1.72. The van der Waals surface area contributed by atoms with E-state index in [-0.39, 0.29) is 17.9 Å². The Morgan fingerprint density at radius 1 is 0.815 bits per heavy atom. The van der Waals surface area contributed by atoms with E-state index in [1.807, 2.05) is 66.7 Å². The Bertz CT molecular complexity index is 817. The lowest BCUT2D eigenvalue weighted by Crippen LogP contribution is -2.55. The van der Waals surface area contributed by atoms with Crippen LogP contribution in [-0.2, 0) is 16.2 Å². The summed E-state index contributed by atoms with van der Waals surface area (Å²) in [5.74, 6) is 0.727. The van der Waals surface area contributed by atoms with Crippen LogP contribution in [0.4, 0.5) is 0 Å². The first kappa shape index (κ1) is 17.8. The Balaban J connectivity index is 1.47. The average molecular weight is 375 g/mol. The molecule has 1 amide bonds. The molecular weight excluding hydrogens is 354 g/mol. The summed E-state index contributed by atoms with van der Waals surface area (Å²) in [5, 5.41) is 1.55. The Labute approximate surface area is 163 Å². The molecule has 3 aromatic rings. The van der Waals surface area contributed by atoms with Crippen molar-refractivity contribution in [3.63, 3.8) is 0 Å². The van der Waals surface area contributed by atoms with Crippen LogP contribution in [0.2, 0.25) is 0 Å². The molecule has 0 spiro atoms. The van der Waals surface area contributed by atoms with Crippen molar-refractivity contribution in [3.8, 4) is 0 Å². The largest absolute Gasteiger partial charge is 0.272 e. The Kier molecular flexibility index (Phi) is 5.56. The number of nitrogens with zero attached hydrogens (tertiary/aromatic N) is 1. The number of carbonyl (C=O) groups excluding carboxylic acids is 1. The molecule has 3 nitrogen and oxygen atoms in total. The fraction of sp³-hybridized carbons (Fsp3) is 0.174. The molecule has 136 valence electrons. The molecule has 0 aromatic heterocycles. The summed E-state index contributed by atoms with van der Waals surface area (Å²) in [6, 6.07) is 30.2. The third-order valence-corrected chi connectivity index (χ3v) is 5.83. The van der Waals surface area contributed by atoms with Gasteiger partial charge in [-0.15, -0.1) is 11.8 Å². The van der Waals surface area contributed by atoms with Crippen LogP contribution < -0.4 is 0 Å². The average Bonchev–Trinajstić information content (AvgIpc) is 2.74. The van der Waals surface area contributed by atoms with E-state index in [2.05, 4.69) is 24.3 Å². The second kappa shape index (κ2) is 8.42. The number of thioether (sulfide) groups is 1. The van der Waals surface area contributed by atoms with Crippen molar-refractivity contribution in [1.29, 1.82) is 0 Å². The van der Waals surface area contributed by atoms with Crippen molar-refractivity contribution >= 4 is 17.7 Å². The van der Waals surface area contributed by atoms with Crippen molar-refractivity contribution in [3.05, 3.63) is 102 Å². The monoisotopic (exact) mass is 375 g/mol. The van der Waals surface area contributed by atoms with Crippen LogP contribution in [0.15, 0.2) is 95.9 Å². The fourth-order valence-electron chi connectivity index (χ4n) is 3.26. The Hall–Kier alpha value is -2.56. The standard InChI is InChI=1S/C23H21NO2S/c25-23-21(17-27-20-14-8-3-9-15-20)22(19-12-6-2-7-13-19)24(23)26-16-18-10-4-1-5-11-18/h1-15,21-22H,16-17H2/t21-,22-/m0/s1. The van der Waals surface area contributed by atoms with Gasteiger partial charge in [0.25, 0.3) is 5.91 Å². The minimum absolute atomic E-state index is 0.0429. The fourth-order valence-corrected chi connectivity index (χ4v) is 4.31. The van der Waals surface area contributed by atoms with Gasteiger partial charge in [0.2, 0.25) is 0 Å². The minimum Gasteiger partial charge on any atom is -0.272 e. The number of β-lactam (4-membered cyclic amide) rings is 1. The van der Waals surface area contributed by atoms with Gasteiger partial charge in [0.1, 0.15) is 6.61 Å². The molecule has 4 heteroatoms. The smallest absolute Gasteiger partial charge is 0.253 e. The third kappa shape index (κ3) is 4.07. The molecule has 3 aromatic carbocycles. The van der Waals surface area contributed by atoms with E-state index in [1.54, 1.807) is 16.8 Å². The summed E-state index contributed by atoms with van der Waals surface area (Å²) in [4.78, 5) is 19.9. The van der Waals surface area contributed by atoms with Gasteiger partial charge < -0.3 is 0 Å². The number of benzene rings is 3. The van der Waals surface area contributed by atoms with Gasteiger partial charge in [-0.3, -0.25) is 9.63 Å². The highest BCUT2D eigenvalue weighted by atomic mass is 32.2. The van der Waals surface area contributed by atoms with Gasteiger partial charge in [-0.05, 0) is 23.3 Å². The molecule has 1 heterocycles. The molecule has 0 bridgehead atoms. The number of amides is 1. The van der Waals surface area contributed by atoms with Crippen LogP contribution in [0.5, 0.6) is 0 Å². The molecule has 0 radical (unpaired) electrons. The quantitative estimate of drug-likeness (QED) is 0.424. The van der Waals surface area contributed by atoms with E-state index in [1.165, 1.54) is 4.90 Å². The van der Waals surface area contributed by atoms with E-state index in [4.69, 9.17) is 4.84 Å². The zero-order valence-corrected chi connectivity index (χ0v) is 15.7. The maximum absolute atomic E-state index is 12.8. The third-order valence-electron chi connectivity index (χ3n) is 4.70. The van der Waals surface area contributed by atoms with Gasteiger partial charge >= 0.3 is 0 Å². The molecule has 0 aliphatic carbocycles. The molecule has 1 aliphatic heterocycles. The zero-order valence-electron chi connectivity index (χ0n) is 14.9. The maximum atomic E-state index is 12.8. The number of rotatable bonds is 7. The van der Waals surface area contributed by atoms with Gasteiger partial charge in [-0.1, -0.05) is 78.9 Å². The van der Waals surface area contributed by atoms with Gasteiger partial charge in [-0.25, -0.2) is 5.06 Å². The molecule has 4 rings (SSSR count). The molecule has 2 atom stereocenters. The first-order chi connectivity index (χ1) is 13.3. The molecule has 1 aliphatic rings. The summed E-state index contributed by atoms with van der Waals surface area (Å²) < 4.78 is 0. The van der Waals surface area contributed by atoms with Crippen LogP contribution >= 0.6 is 11.8 Å². The highest BCUT2D eigenvalue weighted by Crippen LogP contribution is 2.43. The van der Waals surface area contributed by atoms with Crippen molar-refractivity contribution in [2.45, 2.75) is 17.5 Å². The predicted octanol–water partition coefficient (Wildman–Crippen LogP) is 5.11. The Morgan fingerprint density at radius 2 is 1.41 bits per heavy atom. The van der Waals surface area contributed by atoms with Crippen LogP contribution in [-0.4, -0.2) is 16.7 Å². The first-order valence-electron chi connectivity index (χ1n) is 9.05. The highest BCUT2D eigenvalue weighted by molar-refractivity contribution is 7.99. The van der Waals surface area contributed by atoms with Crippen molar-refractivity contribution < 1.29 is 9.63 Å². The second-order valence-electron chi connectivity index (χ2n) is 6.51. The van der Waals surface area contributed by atoms with E-state index in [0.717, 1.165) is 16.9 Å². The Morgan fingerprint density at radius 3 is 2.07 bits per heavy atom. The molecule has 0 saturated carbocycles. The SMILES string of the molecule is O=C1[C@@H](CSc2ccccc2)[C@H](c2ccccc2)N1OCc1ccccc1. The molecule has 1 saturated heterocycles.